The van der Waals surface area contributed by atoms with Gasteiger partial charge in [-0.1, -0.05) is 17.3 Å². The number of benzene rings is 1. The molecule has 2 aromatic rings. The number of methoxy groups -OCH3 is 1. The fourth-order valence-electron chi connectivity index (χ4n) is 1.67. The number of aromatic nitrogens is 1. The molecular weight excluding hydrogens is 216 g/mol. The Morgan fingerprint density at radius 1 is 1.24 bits per heavy atom. The molecule has 0 saturated heterocycles. The van der Waals surface area contributed by atoms with E-state index in [4.69, 9.17) is 15.0 Å². The summed E-state index contributed by atoms with van der Waals surface area (Å²) in [6.07, 6.45) is 1.71. The lowest BCUT2D eigenvalue weighted by molar-refractivity contribution is 0.384. The molecule has 0 unspecified atom stereocenters. The Labute approximate surface area is 100 Å². The fraction of sp³-hybridized carbons (Fsp3) is 0.308. The Morgan fingerprint density at radius 3 is 2.47 bits per heavy atom. The van der Waals surface area contributed by atoms with Crippen LogP contribution in [0.5, 0.6) is 5.75 Å². The summed E-state index contributed by atoms with van der Waals surface area (Å²) in [4.78, 5) is 0. The molecule has 0 aliphatic heterocycles. The number of nitrogen functional groups attached to an aromatic ring is 1. The van der Waals surface area contributed by atoms with E-state index in [0.29, 0.717) is 5.82 Å². The van der Waals surface area contributed by atoms with Crippen molar-refractivity contribution in [3.05, 3.63) is 41.2 Å². The van der Waals surface area contributed by atoms with Crippen LogP contribution < -0.4 is 10.5 Å². The Morgan fingerprint density at radius 2 is 1.94 bits per heavy atom. The minimum atomic E-state index is 0.481. The maximum atomic E-state index is 5.63. The van der Waals surface area contributed by atoms with Crippen LogP contribution in [0.3, 0.4) is 0 Å². The number of anilines is 1. The van der Waals surface area contributed by atoms with Crippen LogP contribution in [0.4, 0.5) is 5.82 Å². The van der Waals surface area contributed by atoms with Crippen molar-refractivity contribution in [1.82, 2.24) is 5.16 Å². The van der Waals surface area contributed by atoms with Gasteiger partial charge in [-0.05, 0) is 31.0 Å². The highest BCUT2D eigenvalue weighted by Crippen LogP contribution is 2.18. The van der Waals surface area contributed by atoms with Crippen molar-refractivity contribution in [3.8, 4) is 5.75 Å². The standard InChI is InChI=1S/C13H16N2O2/c1-9-12(17-15-13(9)14)8-5-10-3-6-11(16-2)7-4-10/h3-4,6-7H,5,8H2,1-2H3,(H2,14,15). The maximum absolute atomic E-state index is 5.63. The molecule has 0 amide bonds. The fourth-order valence-corrected chi connectivity index (χ4v) is 1.67. The lowest BCUT2D eigenvalue weighted by atomic mass is 10.1. The highest BCUT2D eigenvalue weighted by molar-refractivity contribution is 5.39. The molecule has 0 fully saturated rings. The van der Waals surface area contributed by atoms with Crippen molar-refractivity contribution in [2.24, 2.45) is 0 Å². The monoisotopic (exact) mass is 232 g/mol. The normalized spacial score (nSPS) is 10.5. The van der Waals surface area contributed by atoms with Crippen LogP contribution in [0.15, 0.2) is 28.8 Å². The van der Waals surface area contributed by atoms with Crippen LogP contribution in [0.2, 0.25) is 0 Å². The molecular formula is C13H16N2O2. The average Bonchev–Trinajstić information content (AvgIpc) is 2.68. The summed E-state index contributed by atoms with van der Waals surface area (Å²) in [5, 5.41) is 3.74. The molecule has 90 valence electrons. The summed E-state index contributed by atoms with van der Waals surface area (Å²) in [6.45, 7) is 1.93. The maximum Gasteiger partial charge on any atom is 0.169 e. The van der Waals surface area contributed by atoms with Gasteiger partial charge in [0, 0.05) is 12.0 Å². The smallest absolute Gasteiger partial charge is 0.169 e. The summed E-state index contributed by atoms with van der Waals surface area (Å²) >= 11 is 0. The Hall–Kier alpha value is -1.97. The first-order valence-electron chi connectivity index (χ1n) is 5.54. The Balaban J connectivity index is 2.00. The topological polar surface area (TPSA) is 61.3 Å². The lowest BCUT2D eigenvalue weighted by Crippen LogP contribution is -1.93. The number of ether oxygens (including phenoxy) is 1. The minimum Gasteiger partial charge on any atom is -0.497 e. The van der Waals surface area contributed by atoms with Gasteiger partial charge >= 0.3 is 0 Å². The van der Waals surface area contributed by atoms with E-state index in [1.165, 1.54) is 5.56 Å². The van der Waals surface area contributed by atoms with Gasteiger partial charge in [-0.25, -0.2) is 0 Å². The first-order chi connectivity index (χ1) is 8.20. The zero-order valence-electron chi connectivity index (χ0n) is 10.1. The molecule has 17 heavy (non-hydrogen) atoms. The number of nitrogens with two attached hydrogens (primary N) is 1. The van der Waals surface area contributed by atoms with Crippen LogP contribution in [0.25, 0.3) is 0 Å². The molecule has 1 aromatic heterocycles. The SMILES string of the molecule is COc1ccc(CCc2onc(N)c2C)cc1. The first-order valence-corrected chi connectivity index (χ1v) is 5.54. The molecule has 0 atom stereocenters. The summed E-state index contributed by atoms with van der Waals surface area (Å²) in [6, 6.07) is 8.01. The molecule has 1 aromatic carbocycles. The second-order valence-corrected chi connectivity index (χ2v) is 3.96. The van der Waals surface area contributed by atoms with E-state index >= 15 is 0 Å². The minimum absolute atomic E-state index is 0.481. The van der Waals surface area contributed by atoms with E-state index in [2.05, 4.69) is 5.16 Å². The van der Waals surface area contributed by atoms with Crippen LogP contribution in [-0.4, -0.2) is 12.3 Å². The summed E-state index contributed by atoms with van der Waals surface area (Å²) in [7, 11) is 1.66. The van der Waals surface area contributed by atoms with Crippen molar-refractivity contribution in [3.63, 3.8) is 0 Å². The number of nitrogens with zero attached hydrogens (tertiary/aromatic N) is 1. The predicted molar refractivity (Wildman–Crippen MR) is 66.1 cm³/mol. The summed E-state index contributed by atoms with van der Waals surface area (Å²) < 4.78 is 10.3. The van der Waals surface area contributed by atoms with Crippen molar-refractivity contribution in [2.45, 2.75) is 19.8 Å². The van der Waals surface area contributed by atoms with Crippen LogP contribution in [0.1, 0.15) is 16.9 Å². The van der Waals surface area contributed by atoms with Gasteiger partial charge in [0.25, 0.3) is 0 Å². The zero-order valence-corrected chi connectivity index (χ0v) is 10.1. The van der Waals surface area contributed by atoms with Crippen LogP contribution in [-0.2, 0) is 12.8 Å². The first kappa shape index (κ1) is 11.5. The van der Waals surface area contributed by atoms with Gasteiger partial charge < -0.3 is 15.0 Å². The molecule has 2 rings (SSSR count). The van der Waals surface area contributed by atoms with Crippen molar-refractivity contribution >= 4 is 5.82 Å². The molecule has 0 bridgehead atoms. The second-order valence-electron chi connectivity index (χ2n) is 3.96. The molecule has 2 N–H and O–H groups in total. The number of hydrogen-bond donors (Lipinski definition) is 1. The van der Waals surface area contributed by atoms with E-state index in [1.54, 1.807) is 7.11 Å². The highest BCUT2D eigenvalue weighted by Gasteiger charge is 2.08. The van der Waals surface area contributed by atoms with E-state index in [1.807, 2.05) is 31.2 Å². The molecule has 0 aliphatic rings. The van der Waals surface area contributed by atoms with E-state index in [0.717, 1.165) is 29.9 Å². The molecule has 0 radical (unpaired) electrons. The second kappa shape index (κ2) is 4.91. The summed E-state index contributed by atoms with van der Waals surface area (Å²) in [5.41, 5.74) is 7.81. The van der Waals surface area contributed by atoms with Crippen LogP contribution >= 0.6 is 0 Å². The average molecular weight is 232 g/mol. The molecule has 0 saturated carbocycles. The molecule has 0 aliphatic carbocycles. The van der Waals surface area contributed by atoms with E-state index in [-0.39, 0.29) is 0 Å². The van der Waals surface area contributed by atoms with Gasteiger partial charge in [-0.15, -0.1) is 0 Å². The zero-order chi connectivity index (χ0) is 12.3. The highest BCUT2D eigenvalue weighted by atomic mass is 16.5. The quantitative estimate of drug-likeness (QED) is 0.879. The number of rotatable bonds is 4. The van der Waals surface area contributed by atoms with Gasteiger partial charge in [-0.3, -0.25) is 0 Å². The van der Waals surface area contributed by atoms with E-state index < -0.39 is 0 Å². The third-order valence-electron chi connectivity index (χ3n) is 2.86. The largest absolute Gasteiger partial charge is 0.497 e. The van der Waals surface area contributed by atoms with Gasteiger partial charge in [-0.2, -0.15) is 0 Å². The van der Waals surface area contributed by atoms with Gasteiger partial charge in [0.1, 0.15) is 11.5 Å². The molecule has 0 spiro atoms. The molecule has 1 heterocycles. The van der Waals surface area contributed by atoms with Crippen LogP contribution in [0, 0.1) is 6.92 Å². The molecule has 4 heteroatoms. The van der Waals surface area contributed by atoms with Gasteiger partial charge in [0.2, 0.25) is 0 Å². The lowest BCUT2D eigenvalue weighted by Gasteiger charge is -2.02. The van der Waals surface area contributed by atoms with Crippen molar-refractivity contribution < 1.29 is 9.26 Å². The van der Waals surface area contributed by atoms with Crippen molar-refractivity contribution in [2.75, 3.05) is 12.8 Å². The summed E-state index contributed by atoms with van der Waals surface area (Å²) in [5.74, 6) is 2.21. The Bertz CT molecular complexity index is 489. The van der Waals surface area contributed by atoms with Gasteiger partial charge in [0.15, 0.2) is 5.82 Å². The number of aryl methyl sites for hydroxylation is 2. The van der Waals surface area contributed by atoms with E-state index in [9.17, 15) is 0 Å². The third kappa shape index (κ3) is 2.58. The van der Waals surface area contributed by atoms with Gasteiger partial charge in [0.05, 0.1) is 7.11 Å². The molecule has 4 nitrogen and oxygen atoms in total. The van der Waals surface area contributed by atoms with Crippen molar-refractivity contribution in [1.29, 1.82) is 0 Å². The third-order valence-corrected chi connectivity index (χ3v) is 2.86. The predicted octanol–water partition coefficient (Wildman–Crippen LogP) is 2.36. The Kier molecular flexibility index (Phi) is 3.32. The number of hydrogen-bond acceptors (Lipinski definition) is 4.